The number of thioether (sulfide) groups is 1. The third-order valence-electron chi connectivity index (χ3n) is 1.79. The van der Waals surface area contributed by atoms with E-state index in [1.807, 2.05) is 11.8 Å². The standard InChI is InChI=1S/C11H18BrNS2/c1-11(2,3)15-7-5-13-8-10-9(12)4-6-14-10/h4,6,13H,5,7-8H2,1-3H3. The highest BCUT2D eigenvalue weighted by molar-refractivity contribution is 9.10. The smallest absolute Gasteiger partial charge is 0.0327 e. The second-order valence-corrected chi connectivity index (χ2v) is 8.11. The van der Waals surface area contributed by atoms with Crippen LogP contribution in [0.15, 0.2) is 15.9 Å². The van der Waals surface area contributed by atoms with Gasteiger partial charge in [0, 0.05) is 32.9 Å². The van der Waals surface area contributed by atoms with E-state index >= 15 is 0 Å². The van der Waals surface area contributed by atoms with Crippen molar-refractivity contribution in [3.63, 3.8) is 0 Å². The molecule has 0 atom stereocenters. The van der Waals surface area contributed by atoms with Crippen molar-refractivity contribution in [1.82, 2.24) is 5.32 Å². The van der Waals surface area contributed by atoms with Gasteiger partial charge in [-0.1, -0.05) is 20.8 Å². The minimum Gasteiger partial charge on any atom is -0.311 e. The maximum atomic E-state index is 3.53. The Bertz CT molecular complexity index is 291. The van der Waals surface area contributed by atoms with Crippen LogP contribution in [0.5, 0.6) is 0 Å². The lowest BCUT2D eigenvalue weighted by Crippen LogP contribution is -2.19. The Morgan fingerprint density at radius 1 is 1.47 bits per heavy atom. The van der Waals surface area contributed by atoms with Crippen LogP contribution in [0.2, 0.25) is 0 Å². The van der Waals surface area contributed by atoms with Gasteiger partial charge in [-0.05, 0) is 27.4 Å². The average Bonchev–Trinajstić information content (AvgIpc) is 2.49. The molecule has 0 bridgehead atoms. The van der Waals surface area contributed by atoms with Gasteiger partial charge in [0.1, 0.15) is 0 Å². The number of hydrogen-bond acceptors (Lipinski definition) is 3. The van der Waals surface area contributed by atoms with Crippen LogP contribution < -0.4 is 5.32 Å². The van der Waals surface area contributed by atoms with Crippen LogP contribution in [0.1, 0.15) is 25.6 Å². The van der Waals surface area contributed by atoms with Gasteiger partial charge in [0.05, 0.1) is 0 Å². The van der Waals surface area contributed by atoms with Gasteiger partial charge in [-0.15, -0.1) is 11.3 Å². The Labute approximate surface area is 109 Å². The number of hydrogen-bond donors (Lipinski definition) is 1. The van der Waals surface area contributed by atoms with Gasteiger partial charge in [0.15, 0.2) is 0 Å². The van der Waals surface area contributed by atoms with Gasteiger partial charge in [-0.3, -0.25) is 0 Å². The molecule has 15 heavy (non-hydrogen) atoms. The van der Waals surface area contributed by atoms with Crippen LogP contribution in [-0.2, 0) is 6.54 Å². The van der Waals surface area contributed by atoms with Gasteiger partial charge in [0.25, 0.3) is 0 Å². The molecular formula is C11H18BrNS2. The number of nitrogens with one attached hydrogen (secondary N) is 1. The normalized spacial score (nSPS) is 12.0. The number of halogens is 1. The van der Waals surface area contributed by atoms with Crippen LogP contribution in [0.4, 0.5) is 0 Å². The molecule has 0 aliphatic carbocycles. The fraction of sp³-hybridized carbons (Fsp3) is 0.636. The summed E-state index contributed by atoms with van der Waals surface area (Å²) >= 11 is 7.33. The Morgan fingerprint density at radius 2 is 2.20 bits per heavy atom. The fourth-order valence-electron chi connectivity index (χ4n) is 1.08. The van der Waals surface area contributed by atoms with E-state index in [-0.39, 0.29) is 0 Å². The van der Waals surface area contributed by atoms with Crippen molar-refractivity contribution >= 4 is 39.0 Å². The second kappa shape index (κ2) is 6.28. The van der Waals surface area contributed by atoms with Crippen LogP contribution >= 0.6 is 39.0 Å². The van der Waals surface area contributed by atoms with E-state index in [9.17, 15) is 0 Å². The zero-order valence-corrected chi connectivity index (χ0v) is 12.7. The topological polar surface area (TPSA) is 12.0 Å². The summed E-state index contributed by atoms with van der Waals surface area (Å²) in [6.45, 7) is 8.82. The lowest BCUT2D eigenvalue weighted by molar-refractivity contribution is 0.732. The molecule has 1 aromatic rings. The zero-order chi connectivity index (χ0) is 11.3. The van der Waals surface area contributed by atoms with E-state index in [0.717, 1.165) is 13.1 Å². The lowest BCUT2D eigenvalue weighted by atomic mass is 10.3. The first kappa shape index (κ1) is 13.6. The van der Waals surface area contributed by atoms with Gasteiger partial charge >= 0.3 is 0 Å². The van der Waals surface area contributed by atoms with E-state index in [2.05, 4.69) is 53.5 Å². The Balaban J connectivity index is 2.10. The van der Waals surface area contributed by atoms with Gasteiger partial charge < -0.3 is 5.32 Å². The van der Waals surface area contributed by atoms with E-state index in [0.29, 0.717) is 4.75 Å². The fourth-order valence-corrected chi connectivity index (χ4v) is 3.40. The minimum absolute atomic E-state index is 0.380. The predicted octanol–water partition coefficient (Wildman–Crippen LogP) is 4.13. The van der Waals surface area contributed by atoms with Gasteiger partial charge in [-0.2, -0.15) is 11.8 Å². The maximum Gasteiger partial charge on any atom is 0.0327 e. The molecule has 1 heterocycles. The molecule has 1 nitrogen and oxygen atoms in total. The van der Waals surface area contributed by atoms with E-state index in [1.165, 1.54) is 15.1 Å². The average molecular weight is 308 g/mol. The van der Waals surface area contributed by atoms with Crippen LogP contribution in [-0.4, -0.2) is 17.0 Å². The highest BCUT2D eigenvalue weighted by Gasteiger charge is 2.09. The van der Waals surface area contributed by atoms with Crippen molar-refractivity contribution < 1.29 is 0 Å². The van der Waals surface area contributed by atoms with Crippen LogP contribution in [0.3, 0.4) is 0 Å². The van der Waals surface area contributed by atoms with Crippen molar-refractivity contribution in [2.75, 3.05) is 12.3 Å². The highest BCUT2D eigenvalue weighted by Crippen LogP contribution is 2.23. The Kier molecular flexibility index (Phi) is 5.68. The third-order valence-corrected chi connectivity index (χ3v) is 4.99. The Hall–Kier alpha value is 0.490. The molecule has 0 aliphatic heterocycles. The molecule has 0 aliphatic rings. The molecule has 1 aromatic heterocycles. The summed E-state index contributed by atoms with van der Waals surface area (Å²) in [6.07, 6.45) is 0. The summed E-state index contributed by atoms with van der Waals surface area (Å²) in [5, 5.41) is 5.58. The molecule has 0 saturated heterocycles. The monoisotopic (exact) mass is 307 g/mol. The van der Waals surface area contributed by atoms with Crippen molar-refractivity contribution in [2.45, 2.75) is 32.1 Å². The summed E-state index contributed by atoms with van der Waals surface area (Å²) in [5.74, 6) is 1.17. The molecule has 0 unspecified atom stereocenters. The van der Waals surface area contributed by atoms with E-state index in [4.69, 9.17) is 0 Å². The summed E-state index contributed by atoms with van der Waals surface area (Å²) in [4.78, 5) is 1.38. The second-order valence-electron chi connectivity index (χ2n) is 4.33. The van der Waals surface area contributed by atoms with E-state index in [1.54, 1.807) is 11.3 Å². The highest BCUT2D eigenvalue weighted by atomic mass is 79.9. The van der Waals surface area contributed by atoms with Gasteiger partial charge in [-0.25, -0.2) is 0 Å². The van der Waals surface area contributed by atoms with Crippen molar-refractivity contribution in [3.8, 4) is 0 Å². The van der Waals surface area contributed by atoms with Crippen LogP contribution in [0.25, 0.3) is 0 Å². The molecule has 1 N–H and O–H groups in total. The molecule has 0 fully saturated rings. The van der Waals surface area contributed by atoms with E-state index < -0.39 is 0 Å². The summed E-state index contributed by atoms with van der Waals surface area (Å²) in [7, 11) is 0. The van der Waals surface area contributed by atoms with Crippen molar-refractivity contribution in [1.29, 1.82) is 0 Å². The predicted molar refractivity (Wildman–Crippen MR) is 75.9 cm³/mol. The first-order valence-electron chi connectivity index (χ1n) is 5.05. The SMILES string of the molecule is CC(C)(C)SCCNCc1sccc1Br. The molecule has 0 aromatic carbocycles. The first-order valence-corrected chi connectivity index (χ1v) is 7.71. The summed E-state index contributed by atoms with van der Waals surface area (Å²) < 4.78 is 1.61. The number of rotatable bonds is 5. The van der Waals surface area contributed by atoms with Gasteiger partial charge in [0.2, 0.25) is 0 Å². The van der Waals surface area contributed by atoms with Crippen LogP contribution in [0, 0.1) is 0 Å². The molecule has 4 heteroatoms. The Morgan fingerprint density at radius 3 is 2.73 bits per heavy atom. The molecular weight excluding hydrogens is 290 g/mol. The molecule has 0 radical (unpaired) electrons. The minimum atomic E-state index is 0.380. The molecule has 0 spiro atoms. The third kappa shape index (κ3) is 5.95. The molecule has 86 valence electrons. The quantitative estimate of drug-likeness (QED) is 0.821. The summed E-state index contributed by atoms with van der Waals surface area (Å²) in [6, 6.07) is 2.10. The summed E-state index contributed by atoms with van der Waals surface area (Å²) in [5.41, 5.74) is 0. The largest absolute Gasteiger partial charge is 0.311 e. The maximum absolute atomic E-state index is 3.53. The zero-order valence-electron chi connectivity index (χ0n) is 9.47. The molecule has 0 saturated carbocycles. The first-order chi connectivity index (χ1) is 6.99. The molecule has 0 amide bonds. The van der Waals surface area contributed by atoms with Crippen molar-refractivity contribution in [2.24, 2.45) is 0 Å². The molecule has 1 rings (SSSR count). The number of thiophene rings is 1. The van der Waals surface area contributed by atoms with Crippen molar-refractivity contribution in [3.05, 3.63) is 20.8 Å². The lowest BCUT2D eigenvalue weighted by Gasteiger charge is -2.17.